The van der Waals surface area contributed by atoms with Gasteiger partial charge in [-0.3, -0.25) is 0 Å². The summed E-state index contributed by atoms with van der Waals surface area (Å²) in [4.78, 5) is 7.55. The van der Waals surface area contributed by atoms with Gasteiger partial charge in [0.25, 0.3) is 0 Å². The molecule has 2 saturated heterocycles. The van der Waals surface area contributed by atoms with Crippen molar-refractivity contribution in [2.45, 2.75) is 63.7 Å². The monoisotopic (exact) mass is 476 g/mol. The maximum absolute atomic E-state index is 13.2. The largest absolute Gasteiger partial charge is 0.416 e. The third-order valence-electron chi connectivity index (χ3n) is 8.50. The van der Waals surface area contributed by atoms with Crippen LogP contribution in [-0.2, 0) is 6.18 Å². The second-order valence-corrected chi connectivity index (χ2v) is 11.9. The Morgan fingerprint density at radius 1 is 1.09 bits per heavy atom. The lowest BCUT2D eigenvalue weighted by atomic mass is 9.80. The molecular formula is C25H31F3N4S. The second-order valence-electron chi connectivity index (χ2n) is 10.9. The molecule has 33 heavy (non-hydrogen) atoms. The van der Waals surface area contributed by atoms with E-state index in [0.29, 0.717) is 40.6 Å². The average Bonchev–Trinajstić information content (AvgIpc) is 3.12. The van der Waals surface area contributed by atoms with E-state index in [9.17, 15) is 13.2 Å². The van der Waals surface area contributed by atoms with Crippen LogP contribution in [0.2, 0.25) is 0 Å². The Bertz CT molecular complexity index is 1020. The quantitative estimate of drug-likeness (QED) is 0.553. The Hall–Kier alpha value is -1.54. The van der Waals surface area contributed by atoms with E-state index in [-0.39, 0.29) is 6.04 Å². The van der Waals surface area contributed by atoms with Crippen LogP contribution in [-0.4, -0.2) is 50.3 Å². The van der Waals surface area contributed by atoms with Gasteiger partial charge in [0, 0.05) is 23.6 Å². The Balaban J connectivity index is 1.17. The fourth-order valence-corrected chi connectivity index (χ4v) is 7.79. The van der Waals surface area contributed by atoms with Crippen molar-refractivity contribution < 1.29 is 13.2 Å². The number of fused-ring (bicyclic) bond motifs is 1. The van der Waals surface area contributed by atoms with Gasteiger partial charge >= 0.3 is 6.18 Å². The Labute approximate surface area is 197 Å². The van der Waals surface area contributed by atoms with Crippen molar-refractivity contribution >= 4 is 11.8 Å². The van der Waals surface area contributed by atoms with E-state index < -0.39 is 11.7 Å². The van der Waals surface area contributed by atoms with Gasteiger partial charge in [0.15, 0.2) is 5.82 Å². The predicted octanol–water partition coefficient (Wildman–Crippen LogP) is 5.87. The van der Waals surface area contributed by atoms with Gasteiger partial charge in [-0.1, -0.05) is 12.1 Å². The van der Waals surface area contributed by atoms with Crippen LogP contribution in [0.25, 0.3) is 11.4 Å². The lowest BCUT2D eigenvalue weighted by Gasteiger charge is -2.49. The number of likely N-dealkylation sites (tertiary alicyclic amines) is 1. The van der Waals surface area contributed by atoms with Crippen molar-refractivity contribution in [3.8, 4) is 11.4 Å². The summed E-state index contributed by atoms with van der Waals surface area (Å²) in [5.41, 5.74) is 0.432. The molecule has 0 amide bonds. The van der Waals surface area contributed by atoms with Crippen LogP contribution in [0.5, 0.6) is 0 Å². The maximum atomic E-state index is 13.2. The zero-order chi connectivity index (χ0) is 23.0. The molecule has 4 nitrogen and oxygen atoms in total. The molecule has 2 atom stereocenters. The van der Waals surface area contributed by atoms with Crippen molar-refractivity contribution in [1.29, 1.82) is 0 Å². The second kappa shape index (κ2) is 7.74. The molecule has 4 aliphatic rings. The highest BCUT2D eigenvalue weighted by Crippen LogP contribution is 2.64. The van der Waals surface area contributed by atoms with Crippen molar-refractivity contribution in [2.75, 3.05) is 24.6 Å². The first kappa shape index (κ1) is 22.0. The first-order valence-electron chi connectivity index (χ1n) is 12.2. The topological polar surface area (TPSA) is 34.0 Å². The molecule has 0 bridgehead atoms. The van der Waals surface area contributed by atoms with Crippen LogP contribution >= 0.6 is 11.8 Å². The number of hydrogen-bond acceptors (Lipinski definition) is 4. The molecule has 2 aliphatic heterocycles. The van der Waals surface area contributed by atoms with Crippen molar-refractivity contribution in [2.24, 2.45) is 17.3 Å². The van der Waals surface area contributed by atoms with Crippen molar-refractivity contribution in [3.05, 3.63) is 35.7 Å². The van der Waals surface area contributed by atoms with Crippen LogP contribution in [0.3, 0.4) is 0 Å². The molecule has 4 fully saturated rings. The van der Waals surface area contributed by atoms with Gasteiger partial charge in [-0.05, 0) is 93.5 Å². The summed E-state index contributed by atoms with van der Waals surface area (Å²) >= 11 is 2.10. The van der Waals surface area contributed by atoms with Gasteiger partial charge in [0.1, 0.15) is 5.82 Å². The van der Waals surface area contributed by atoms with Crippen LogP contribution in [0.15, 0.2) is 24.3 Å². The van der Waals surface area contributed by atoms with Gasteiger partial charge in [-0.15, -0.1) is 0 Å². The normalized spacial score (nSPS) is 31.1. The van der Waals surface area contributed by atoms with E-state index in [1.54, 1.807) is 6.07 Å². The molecule has 2 aliphatic carbocycles. The molecule has 2 unspecified atom stereocenters. The van der Waals surface area contributed by atoms with Crippen molar-refractivity contribution in [1.82, 2.24) is 19.7 Å². The summed E-state index contributed by atoms with van der Waals surface area (Å²) in [6, 6.07) is 6.20. The highest BCUT2D eigenvalue weighted by atomic mass is 32.2. The predicted molar refractivity (Wildman–Crippen MR) is 124 cm³/mol. The minimum Gasteiger partial charge on any atom is -0.300 e. The lowest BCUT2D eigenvalue weighted by Crippen LogP contribution is -2.49. The lowest BCUT2D eigenvalue weighted by molar-refractivity contribution is -0.137. The molecule has 0 radical (unpaired) electrons. The fourth-order valence-electron chi connectivity index (χ4n) is 6.44. The third-order valence-corrected chi connectivity index (χ3v) is 10.1. The minimum atomic E-state index is -4.37. The molecule has 2 saturated carbocycles. The van der Waals surface area contributed by atoms with Crippen LogP contribution in [0.4, 0.5) is 13.2 Å². The van der Waals surface area contributed by atoms with Gasteiger partial charge < -0.3 is 4.90 Å². The molecule has 1 aromatic carbocycles. The molecular weight excluding hydrogens is 445 g/mol. The highest BCUT2D eigenvalue weighted by molar-refractivity contribution is 8.00. The number of halogens is 3. The summed E-state index contributed by atoms with van der Waals surface area (Å²) in [6.45, 7) is 6.63. The molecule has 0 N–H and O–H groups in total. The van der Waals surface area contributed by atoms with Gasteiger partial charge in [-0.2, -0.15) is 30.0 Å². The minimum absolute atomic E-state index is 0.128. The zero-order valence-electron chi connectivity index (χ0n) is 19.2. The summed E-state index contributed by atoms with van der Waals surface area (Å²) < 4.78 is 41.5. The van der Waals surface area contributed by atoms with E-state index in [4.69, 9.17) is 4.98 Å². The average molecular weight is 477 g/mol. The van der Waals surface area contributed by atoms with Gasteiger partial charge in [0.2, 0.25) is 0 Å². The maximum Gasteiger partial charge on any atom is 0.416 e. The standard InChI is InChI=1S/C25H31F3N4S/c1-15(2)32-23(29-22(30-32)16-4-3-5-17(10-16)25(26,27)28)21-19-11-18(12-20(19)21)31-8-6-24(7-9-31)13-33-14-24/h3-5,10,15,18-21H,6-9,11-14H2,1-2H3. The summed E-state index contributed by atoms with van der Waals surface area (Å²) in [5, 5.41) is 4.66. The number of alkyl halides is 3. The first-order chi connectivity index (χ1) is 15.7. The number of hydrogen-bond donors (Lipinski definition) is 0. The number of aromatic nitrogens is 3. The third kappa shape index (κ3) is 3.81. The Kier molecular flexibility index (Phi) is 5.15. The fraction of sp³-hybridized carbons (Fsp3) is 0.680. The van der Waals surface area contributed by atoms with E-state index in [1.165, 1.54) is 56.3 Å². The van der Waals surface area contributed by atoms with Crippen LogP contribution in [0.1, 0.15) is 62.9 Å². The summed E-state index contributed by atoms with van der Waals surface area (Å²) in [5.74, 6) is 5.77. The first-order valence-corrected chi connectivity index (χ1v) is 13.4. The summed E-state index contributed by atoms with van der Waals surface area (Å²) in [6.07, 6.45) is 0.796. The smallest absolute Gasteiger partial charge is 0.300 e. The molecule has 178 valence electrons. The van der Waals surface area contributed by atoms with E-state index in [0.717, 1.165) is 18.0 Å². The highest BCUT2D eigenvalue weighted by Gasteiger charge is 2.60. The molecule has 3 heterocycles. The van der Waals surface area contributed by atoms with E-state index >= 15 is 0 Å². The molecule has 6 rings (SSSR count). The number of nitrogens with zero attached hydrogens (tertiary/aromatic N) is 4. The zero-order valence-corrected chi connectivity index (χ0v) is 20.0. The number of piperidine rings is 1. The molecule has 2 aromatic rings. The Morgan fingerprint density at radius 3 is 2.36 bits per heavy atom. The van der Waals surface area contributed by atoms with Crippen LogP contribution in [0, 0.1) is 17.3 Å². The molecule has 1 aromatic heterocycles. The SMILES string of the molecule is CC(C)n1nc(-c2cccc(C(F)(F)F)c2)nc1C1C2CC(N3CCC4(CC3)CSC4)CC21. The molecule has 1 spiro atoms. The van der Waals surface area contributed by atoms with Crippen LogP contribution < -0.4 is 0 Å². The number of benzene rings is 1. The number of thioether (sulfide) groups is 1. The van der Waals surface area contributed by atoms with Gasteiger partial charge in [0.05, 0.1) is 5.56 Å². The number of rotatable bonds is 4. The summed E-state index contributed by atoms with van der Waals surface area (Å²) in [7, 11) is 0. The van der Waals surface area contributed by atoms with Crippen molar-refractivity contribution in [3.63, 3.8) is 0 Å². The Morgan fingerprint density at radius 2 is 1.79 bits per heavy atom. The van der Waals surface area contributed by atoms with E-state index in [1.807, 2.05) is 4.68 Å². The molecule has 8 heteroatoms. The van der Waals surface area contributed by atoms with E-state index in [2.05, 4.69) is 35.6 Å². The van der Waals surface area contributed by atoms with Gasteiger partial charge in [-0.25, -0.2) is 9.67 Å².